The molecule has 3 aromatic rings. The zero-order valence-corrected chi connectivity index (χ0v) is 15.7. The number of methoxy groups -OCH3 is 1. The Morgan fingerprint density at radius 2 is 1.71 bits per heavy atom. The lowest BCUT2D eigenvalue weighted by Gasteiger charge is -2.09. The van der Waals surface area contributed by atoms with Gasteiger partial charge in [-0.1, -0.05) is 30.3 Å². The highest BCUT2D eigenvalue weighted by Gasteiger charge is 2.19. The summed E-state index contributed by atoms with van der Waals surface area (Å²) >= 11 is 0. The average Bonchev–Trinajstić information content (AvgIpc) is 2.72. The Hall–Kier alpha value is -3.52. The third kappa shape index (κ3) is 4.07. The van der Waals surface area contributed by atoms with Crippen LogP contribution in [0.2, 0.25) is 0 Å². The maximum atomic E-state index is 12.8. The summed E-state index contributed by atoms with van der Waals surface area (Å²) in [6, 6.07) is 18.4. The molecule has 142 valence electrons. The molecule has 0 saturated heterocycles. The Morgan fingerprint density at radius 3 is 2.39 bits per heavy atom. The number of nitro benzene ring substituents is 1. The fourth-order valence-corrected chi connectivity index (χ4v) is 3.84. The molecule has 3 rings (SSSR count). The fraction of sp³-hybridized carbons (Fsp3) is 0.0500. The van der Waals surface area contributed by atoms with Crippen LogP contribution < -0.4 is 4.74 Å². The van der Waals surface area contributed by atoms with Gasteiger partial charge in [-0.15, -0.1) is 0 Å². The predicted molar refractivity (Wildman–Crippen MR) is 105 cm³/mol. The van der Waals surface area contributed by atoms with E-state index in [1.54, 1.807) is 30.3 Å². The SMILES string of the molecule is COc1ccc(S(=O)(=O)c2ccccc2)cc1N=Cc1cccc([N+](=O)[O-])c1. The summed E-state index contributed by atoms with van der Waals surface area (Å²) in [6.45, 7) is 0. The smallest absolute Gasteiger partial charge is 0.270 e. The zero-order chi connectivity index (χ0) is 20.1. The van der Waals surface area contributed by atoms with Crippen LogP contribution in [0.5, 0.6) is 5.75 Å². The van der Waals surface area contributed by atoms with E-state index >= 15 is 0 Å². The quantitative estimate of drug-likeness (QED) is 0.353. The van der Waals surface area contributed by atoms with Crippen molar-refractivity contribution < 1.29 is 18.1 Å². The van der Waals surface area contributed by atoms with E-state index in [0.29, 0.717) is 17.0 Å². The second kappa shape index (κ2) is 8.01. The molecule has 0 aliphatic heterocycles. The third-order valence-electron chi connectivity index (χ3n) is 3.95. The first-order chi connectivity index (χ1) is 13.4. The number of nitro groups is 1. The molecule has 0 aromatic heterocycles. The molecule has 0 saturated carbocycles. The van der Waals surface area contributed by atoms with Gasteiger partial charge in [0.2, 0.25) is 9.84 Å². The molecule has 0 heterocycles. The number of aliphatic imine (C=N–C) groups is 1. The summed E-state index contributed by atoms with van der Waals surface area (Å²) < 4.78 is 30.9. The van der Waals surface area contributed by atoms with Crippen LogP contribution in [0.25, 0.3) is 0 Å². The third-order valence-corrected chi connectivity index (χ3v) is 5.72. The number of hydrogen-bond acceptors (Lipinski definition) is 6. The molecule has 0 spiro atoms. The van der Waals surface area contributed by atoms with E-state index in [1.165, 1.54) is 55.8 Å². The second-order valence-electron chi connectivity index (χ2n) is 5.76. The number of rotatable bonds is 6. The van der Waals surface area contributed by atoms with Gasteiger partial charge in [-0.3, -0.25) is 15.1 Å². The predicted octanol–water partition coefficient (Wildman–Crippen LogP) is 4.19. The highest BCUT2D eigenvalue weighted by atomic mass is 32.2. The van der Waals surface area contributed by atoms with Gasteiger partial charge in [0.25, 0.3) is 5.69 Å². The van der Waals surface area contributed by atoms with E-state index in [1.807, 2.05) is 0 Å². The number of hydrogen-bond donors (Lipinski definition) is 0. The molecule has 8 heteroatoms. The van der Waals surface area contributed by atoms with Crippen molar-refractivity contribution in [2.75, 3.05) is 7.11 Å². The van der Waals surface area contributed by atoms with Crippen molar-refractivity contribution in [3.05, 3.63) is 88.5 Å². The van der Waals surface area contributed by atoms with Gasteiger partial charge in [0, 0.05) is 18.3 Å². The van der Waals surface area contributed by atoms with Gasteiger partial charge in [0.1, 0.15) is 11.4 Å². The summed E-state index contributed by atoms with van der Waals surface area (Å²) in [5, 5.41) is 10.9. The van der Waals surface area contributed by atoms with Crippen molar-refractivity contribution in [1.29, 1.82) is 0 Å². The van der Waals surface area contributed by atoms with E-state index in [-0.39, 0.29) is 15.5 Å². The van der Waals surface area contributed by atoms with E-state index < -0.39 is 14.8 Å². The summed E-state index contributed by atoms with van der Waals surface area (Å²) in [6.07, 6.45) is 1.42. The van der Waals surface area contributed by atoms with Crippen molar-refractivity contribution >= 4 is 27.4 Å². The first kappa shape index (κ1) is 19.2. The average molecular weight is 396 g/mol. The Kier molecular flexibility index (Phi) is 5.51. The lowest BCUT2D eigenvalue weighted by atomic mass is 10.2. The lowest BCUT2D eigenvalue weighted by molar-refractivity contribution is -0.384. The standard InChI is InChI=1S/C20H16N2O5S/c1-27-20-11-10-18(28(25,26)17-8-3-2-4-9-17)13-19(20)21-14-15-6-5-7-16(12-15)22(23)24/h2-14H,1H3. The molecule has 28 heavy (non-hydrogen) atoms. The number of sulfone groups is 1. The molecule has 0 radical (unpaired) electrons. The molecule has 0 aliphatic rings. The highest BCUT2D eigenvalue weighted by Crippen LogP contribution is 2.32. The molecular formula is C20H16N2O5S. The van der Waals surface area contributed by atoms with Gasteiger partial charge in [0.15, 0.2) is 0 Å². The zero-order valence-electron chi connectivity index (χ0n) is 14.8. The minimum atomic E-state index is -3.71. The molecule has 0 N–H and O–H groups in total. The van der Waals surface area contributed by atoms with Crippen LogP contribution in [-0.4, -0.2) is 26.7 Å². The molecule has 0 amide bonds. The molecule has 3 aromatic carbocycles. The normalized spacial score (nSPS) is 11.5. The summed E-state index contributed by atoms with van der Waals surface area (Å²) in [7, 11) is -2.25. The van der Waals surface area contributed by atoms with Crippen LogP contribution in [-0.2, 0) is 9.84 Å². The summed E-state index contributed by atoms with van der Waals surface area (Å²) in [5.41, 5.74) is 0.745. The van der Waals surface area contributed by atoms with Crippen molar-refractivity contribution in [3.8, 4) is 5.75 Å². The Labute approximate surface area is 162 Å². The van der Waals surface area contributed by atoms with Gasteiger partial charge in [0.05, 0.1) is 21.8 Å². The van der Waals surface area contributed by atoms with E-state index in [2.05, 4.69) is 4.99 Å². The van der Waals surface area contributed by atoms with E-state index in [4.69, 9.17) is 4.74 Å². The van der Waals surface area contributed by atoms with E-state index in [9.17, 15) is 18.5 Å². The van der Waals surface area contributed by atoms with Crippen LogP contribution in [0.3, 0.4) is 0 Å². The number of ether oxygens (including phenoxy) is 1. The van der Waals surface area contributed by atoms with Crippen molar-refractivity contribution in [1.82, 2.24) is 0 Å². The number of nitrogens with zero attached hydrogens (tertiary/aromatic N) is 2. The van der Waals surface area contributed by atoms with Crippen LogP contribution in [0.15, 0.2) is 87.6 Å². The van der Waals surface area contributed by atoms with Gasteiger partial charge < -0.3 is 4.74 Å². The fourth-order valence-electron chi connectivity index (χ4n) is 2.54. The van der Waals surface area contributed by atoms with Gasteiger partial charge in [-0.2, -0.15) is 0 Å². The first-order valence-electron chi connectivity index (χ1n) is 8.18. The summed E-state index contributed by atoms with van der Waals surface area (Å²) in [5.74, 6) is 0.383. The minimum absolute atomic E-state index is 0.0590. The molecular weight excluding hydrogens is 380 g/mol. The maximum absolute atomic E-state index is 12.8. The molecule has 0 atom stereocenters. The van der Waals surface area contributed by atoms with E-state index in [0.717, 1.165) is 0 Å². The van der Waals surface area contributed by atoms with Crippen molar-refractivity contribution in [2.45, 2.75) is 9.79 Å². The molecule has 0 fully saturated rings. The molecule has 0 unspecified atom stereocenters. The van der Waals surface area contributed by atoms with Gasteiger partial charge in [-0.05, 0) is 35.9 Å². The first-order valence-corrected chi connectivity index (χ1v) is 9.67. The number of benzene rings is 3. The Morgan fingerprint density at radius 1 is 0.964 bits per heavy atom. The van der Waals surface area contributed by atoms with Crippen LogP contribution in [0.1, 0.15) is 5.56 Å². The number of non-ortho nitro benzene ring substituents is 1. The van der Waals surface area contributed by atoms with Crippen molar-refractivity contribution in [3.63, 3.8) is 0 Å². The second-order valence-corrected chi connectivity index (χ2v) is 7.71. The summed E-state index contributed by atoms with van der Waals surface area (Å²) in [4.78, 5) is 14.9. The maximum Gasteiger partial charge on any atom is 0.270 e. The molecule has 0 aliphatic carbocycles. The largest absolute Gasteiger partial charge is 0.494 e. The minimum Gasteiger partial charge on any atom is -0.494 e. The van der Waals surface area contributed by atoms with Crippen LogP contribution in [0, 0.1) is 10.1 Å². The highest BCUT2D eigenvalue weighted by molar-refractivity contribution is 7.91. The molecule has 7 nitrogen and oxygen atoms in total. The Bertz CT molecular complexity index is 1140. The van der Waals surface area contributed by atoms with Gasteiger partial charge in [-0.25, -0.2) is 8.42 Å². The van der Waals surface area contributed by atoms with Gasteiger partial charge >= 0.3 is 0 Å². The van der Waals surface area contributed by atoms with Crippen molar-refractivity contribution in [2.24, 2.45) is 4.99 Å². The Balaban J connectivity index is 2.01. The lowest BCUT2D eigenvalue weighted by Crippen LogP contribution is -2.01. The van der Waals surface area contributed by atoms with Crippen LogP contribution in [0.4, 0.5) is 11.4 Å². The molecule has 0 bridgehead atoms. The topological polar surface area (TPSA) is 98.9 Å². The monoisotopic (exact) mass is 396 g/mol. The van der Waals surface area contributed by atoms with Crippen LogP contribution >= 0.6 is 0 Å².